The largest absolute Gasteiger partial charge is 0.464 e. The lowest BCUT2D eigenvalue weighted by Crippen LogP contribution is -1.98. The van der Waals surface area contributed by atoms with E-state index in [-0.39, 0.29) is 13.2 Å². The van der Waals surface area contributed by atoms with Gasteiger partial charge in [0.2, 0.25) is 0 Å². The quantitative estimate of drug-likeness (QED) is 0.285. The van der Waals surface area contributed by atoms with E-state index in [1.54, 1.807) is 0 Å². The van der Waals surface area contributed by atoms with E-state index in [0.717, 1.165) is 0 Å². The summed E-state index contributed by atoms with van der Waals surface area (Å²) in [5, 5.41) is 7.75. The third-order valence-electron chi connectivity index (χ3n) is 0.436. The van der Waals surface area contributed by atoms with Crippen LogP contribution in [-0.4, -0.2) is 19.7 Å². The fourth-order valence-corrected chi connectivity index (χ4v) is 0.184. The van der Waals surface area contributed by atoms with Crippen molar-refractivity contribution in [2.75, 3.05) is 13.2 Å². The van der Waals surface area contributed by atoms with Crippen molar-refractivity contribution in [2.24, 2.45) is 0 Å². The smallest absolute Gasteiger partial charge is 0.293 e. The fourth-order valence-electron chi connectivity index (χ4n) is 0.184. The molecule has 0 aromatic carbocycles. The Kier molecular flexibility index (Phi) is 4.87. The van der Waals surface area contributed by atoms with Crippen molar-refractivity contribution in [2.45, 2.75) is 0 Å². The summed E-state index contributed by atoms with van der Waals surface area (Å²) >= 11 is 0. The van der Waals surface area contributed by atoms with Crippen molar-refractivity contribution in [1.82, 2.24) is 0 Å². The molecule has 0 fully saturated rings. The SMILES string of the molecule is N#COCCOC=O. The molecule has 0 aliphatic rings. The molecule has 0 aliphatic heterocycles. The average Bonchev–Trinajstić information content (AvgIpc) is 1.81. The van der Waals surface area contributed by atoms with E-state index < -0.39 is 0 Å². The molecule has 0 aromatic rings. The molecule has 0 saturated carbocycles. The number of nitriles is 1. The van der Waals surface area contributed by atoms with Crippen LogP contribution in [0.25, 0.3) is 0 Å². The molecular weight excluding hydrogens is 110 g/mol. The van der Waals surface area contributed by atoms with Crippen molar-refractivity contribution in [3.63, 3.8) is 0 Å². The Morgan fingerprint density at radius 3 is 2.88 bits per heavy atom. The Labute approximate surface area is 46.6 Å². The van der Waals surface area contributed by atoms with Gasteiger partial charge in [-0.3, -0.25) is 4.79 Å². The Hall–Kier alpha value is -1.24. The summed E-state index contributed by atoms with van der Waals surface area (Å²) in [4.78, 5) is 9.41. The van der Waals surface area contributed by atoms with Crippen molar-refractivity contribution in [3.8, 4) is 6.26 Å². The summed E-state index contributed by atoms with van der Waals surface area (Å²) < 4.78 is 8.34. The highest BCUT2D eigenvalue weighted by Gasteiger charge is 1.81. The van der Waals surface area contributed by atoms with Gasteiger partial charge >= 0.3 is 0 Å². The van der Waals surface area contributed by atoms with Crippen LogP contribution in [0.3, 0.4) is 0 Å². The zero-order chi connectivity index (χ0) is 6.24. The van der Waals surface area contributed by atoms with Gasteiger partial charge in [0.05, 0.1) is 0 Å². The van der Waals surface area contributed by atoms with Gasteiger partial charge in [-0.25, -0.2) is 0 Å². The van der Waals surface area contributed by atoms with Gasteiger partial charge in [-0.2, -0.15) is 5.26 Å². The molecule has 0 N–H and O–H groups in total. The molecule has 0 aromatic heterocycles. The summed E-state index contributed by atoms with van der Waals surface area (Å²) in [6.07, 6.45) is 1.43. The Morgan fingerprint density at radius 2 is 2.38 bits per heavy atom. The maximum atomic E-state index is 9.41. The van der Waals surface area contributed by atoms with Gasteiger partial charge < -0.3 is 9.47 Å². The molecule has 0 heterocycles. The molecular formula is C4H5NO3. The Bertz CT molecular complexity index is 95.9. The van der Waals surface area contributed by atoms with Gasteiger partial charge in [-0.05, 0) is 0 Å². The number of hydrogen-bond donors (Lipinski definition) is 0. The number of hydrogen-bond acceptors (Lipinski definition) is 4. The number of ether oxygens (including phenoxy) is 2. The molecule has 8 heavy (non-hydrogen) atoms. The second kappa shape index (κ2) is 5.76. The molecule has 44 valence electrons. The minimum Gasteiger partial charge on any atom is -0.464 e. The predicted molar refractivity (Wildman–Crippen MR) is 23.6 cm³/mol. The molecule has 4 heteroatoms. The highest BCUT2D eigenvalue weighted by Crippen LogP contribution is 1.69. The summed E-state index contributed by atoms with van der Waals surface area (Å²) in [5.74, 6) is 0. The lowest BCUT2D eigenvalue weighted by molar-refractivity contribution is -0.129. The van der Waals surface area contributed by atoms with Gasteiger partial charge in [-0.1, -0.05) is 0 Å². The third kappa shape index (κ3) is 4.76. The van der Waals surface area contributed by atoms with Gasteiger partial charge in [-0.15, -0.1) is 0 Å². The van der Waals surface area contributed by atoms with E-state index in [0.29, 0.717) is 6.47 Å². The molecule has 0 bridgehead atoms. The molecule has 0 rings (SSSR count). The van der Waals surface area contributed by atoms with Crippen LogP contribution in [0.4, 0.5) is 0 Å². The number of rotatable bonds is 4. The number of carbonyl (C=O) groups is 1. The van der Waals surface area contributed by atoms with Crippen LogP contribution in [0.2, 0.25) is 0 Å². The Balaban J connectivity index is 2.74. The molecule has 0 saturated heterocycles. The van der Waals surface area contributed by atoms with Crippen LogP contribution in [0, 0.1) is 11.5 Å². The predicted octanol–water partition coefficient (Wildman–Crippen LogP) is -0.343. The molecule has 0 spiro atoms. The molecule has 0 amide bonds. The van der Waals surface area contributed by atoms with Crippen LogP contribution in [0.1, 0.15) is 0 Å². The van der Waals surface area contributed by atoms with Crippen LogP contribution in [0.5, 0.6) is 0 Å². The lowest BCUT2D eigenvalue weighted by atomic mass is 10.8. The highest BCUT2D eigenvalue weighted by atomic mass is 16.5. The van der Waals surface area contributed by atoms with E-state index in [1.807, 2.05) is 0 Å². The summed E-state index contributed by atoms with van der Waals surface area (Å²) in [6.45, 7) is 0.576. The number of carbonyl (C=O) groups excluding carboxylic acids is 1. The second-order valence-electron chi connectivity index (χ2n) is 0.907. The average molecular weight is 115 g/mol. The zero-order valence-electron chi connectivity index (χ0n) is 4.16. The first kappa shape index (κ1) is 6.76. The lowest BCUT2D eigenvalue weighted by Gasteiger charge is -1.91. The third-order valence-corrected chi connectivity index (χ3v) is 0.436. The van der Waals surface area contributed by atoms with E-state index >= 15 is 0 Å². The minimum absolute atomic E-state index is 0.134. The van der Waals surface area contributed by atoms with Crippen molar-refractivity contribution >= 4 is 6.47 Å². The van der Waals surface area contributed by atoms with Gasteiger partial charge in [0.25, 0.3) is 12.7 Å². The van der Waals surface area contributed by atoms with Crippen molar-refractivity contribution in [3.05, 3.63) is 0 Å². The van der Waals surface area contributed by atoms with Crippen LogP contribution >= 0.6 is 0 Å². The number of nitrogens with zero attached hydrogens (tertiary/aromatic N) is 1. The van der Waals surface area contributed by atoms with Crippen LogP contribution < -0.4 is 0 Å². The van der Waals surface area contributed by atoms with Crippen molar-refractivity contribution < 1.29 is 14.3 Å². The zero-order valence-corrected chi connectivity index (χ0v) is 4.16. The van der Waals surface area contributed by atoms with E-state index in [9.17, 15) is 4.79 Å². The maximum absolute atomic E-state index is 9.41. The molecule has 0 aliphatic carbocycles. The maximum Gasteiger partial charge on any atom is 0.293 e. The standard InChI is InChI=1S/C4H5NO3/c5-3-7-1-2-8-4-6/h4H,1-2H2. The first-order valence-electron chi connectivity index (χ1n) is 1.98. The minimum atomic E-state index is 0.134. The van der Waals surface area contributed by atoms with E-state index in [2.05, 4.69) is 9.47 Å². The molecule has 0 unspecified atom stereocenters. The second-order valence-corrected chi connectivity index (χ2v) is 0.907. The van der Waals surface area contributed by atoms with E-state index in [1.165, 1.54) is 6.26 Å². The summed E-state index contributed by atoms with van der Waals surface area (Å²) in [7, 11) is 0. The van der Waals surface area contributed by atoms with Gasteiger partial charge in [0.1, 0.15) is 13.2 Å². The normalized spacial score (nSPS) is 6.88. The van der Waals surface area contributed by atoms with Gasteiger partial charge in [0.15, 0.2) is 0 Å². The molecule has 4 nitrogen and oxygen atoms in total. The monoisotopic (exact) mass is 115 g/mol. The molecule has 0 radical (unpaired) electrons. The Morgan fingerprint density at radius 1 is 1.62 bits per heavy atom. The van der Waals surface area contributed by atoms with Crippen LogP contribution in [-0.2, 0) is 14.3 Å². The van der Waals surface area contributed by atoms with Crippen LogP contribution in [0.15, 0.2) is 0 Å². The first-order valence-corrected chi connectivity index (χ1v) is 1.98. The first-order chi connectivity index (χ1) is 3.91. The van der Waals surface area contributed by atoms with Gasteiger partial charge in [0, 0.05) is 0 Å². The summed E-state index contributed by atoms with van der Waals surface area (Å²) in [5.41, 5.74) is 0. The topological polar surface area (TPSA) is 59.3 Å². The van der Waals surface area contributed by atoms with E-state index in [4.69, 9.17) is 5.26 Å². The van der Waals surface area contributed by atoms with Crippen molar-refractivity contribution in [1.29, 1.82) is 5.26 Å². The fraction of sp³-hybridized carbons (Fsp3) is 0.500. The summed E-state index contributed by atoms with van der Waals surface area (Å²) in [6, 6.07) is 0. The molecule has 0 atom stereocenters. The highest BCUT2D eigenvalue weighted by molar-refractivity contribution is 5.36.